The van der Waals surface area contributed by atoms with Gasteiger partial charge in [-0.25, -0.2) is 0 Å². The van der Waals surface area contributed by atoms with Gasteiger partial charge in [0.15, 0.2) is 0 Å². The minimum absolute atomic E-state index is 0.00702. The summed E-state index contributed by atoms with van der Waals surface area (Å²) in [6.45, 7) is 0.466. The number of carbonyl (C=O) groups is 2. The Bertz CT molecular complexity index is 2090. The molecule has 3 aromatic carbocycles. The van der Waals surface area contributed by atoms with Gasteiger partial charge in [-0.2, -0.15) is 0 Å². The van der Waals surface area contributed by atoms with Gasteiger partial charge in [0, 0.05) is 15.8 Å². The second kappa shape index (κ2) is 10.7. The van der Waals surface area contributed by atoms with Gasteiger partial charge in [0.1, 0.15) is 11.5 Å². The fourth-order valence-corrected chi connectivity index (χ4v) is 12.0. The molecule has 0 unspecified atom stereocenters. The number of thiazole rings is 1. The van der Waals surface area contributed by atoms with Crippen LogP contribution in [0.15, 0.2) is 105 Å². The summed E-state index contributed by atoms with van der Waals surface area (Å²) in [5.41, 5.74) is 2.41. The maximum atomic E-state index is 14.1. The molecule has 2 aromatic heterocycles. The molecule has 46 heavy (non-hydrogen) atoms. The number of amides is 2. The van der Waals surface area contributed by atoms with Crippen molar-refractivity contribution in [2.75, 3.05) is 4.90 Å². The zero-order chi connectivity index (χ0) is 31.3. The summed E-state index contributed by atoms with van der Waals surface area (Å²) in [5.74, 6) is 0.161. The minimum atomic E-state index is -0.403. The molecule has 9 rings (SSSR count). The van der Waals surface area contributed by atoms with Gasteiger partial charge in [0.2, 0.25) is 11.8 Å². The number of aromatic nitrogens is 1. The summed E-state index contributed by atoms with van der Waals surface area (Å²) in [6, 6.07) is 28.4. The molecular weight excluding hydrogens is 659 g/mol. The number of nitrogens with zero attached hydrogens (tertiary/aromatic N) is 2. The van der Waals surface area contributed by atoms with Crippen LogP contribution >= 0.6 is 46.3 Å². The monoisotopic (exact) mass is 684 g/mol. The third-order valence-electron chi connectivity index (χ3n) is 10.3. The first-order valence-electron chi connectivity index (χ1n) is 15.3. The molecule has 0 spiro atoms. The minimum Gasteiger partial charge on any atom is -0.460 e. The van der Waals surface area contributed by atoms with Crippen LogP contribution in [-0.4, -0.2) is 21.6 Å². The van der Waals surface area contributed by atoms with Crippen molar-refractivity contribution in [1.29, 1.82) is 0 Å². The number of rotatable bonds is 5. The van der Waals surface area contributed by atoms with E-state index in [0.29, 0.717) is 28.0 Å². The van der Waals surface area contributed by atoms with E-state index in [-0.39, 0.29) is 51.5 Å². The molecule has 0 radical (unpaired) electrons. The molecular formula is C36H26Cl2N2O4S2. The van der Waals surface area contributed by atoms with E-state index in [4.69, 9.17) is 27.6 Å². The van der Waals surface area contributed by atoms with Gasteiger partial charge < -0.3 is 4.42 Å². The second-order valence-corrected chi connectivity index (χ2v) is 15.5. The molecule has 3 fully saturated rings. The average molecular weight is 686 g/mol. The van der Waals surface area contributed by atoms with E-state index in [1.165, 1.54) is 16.2 Å². The summed E-state index contributed by atoms with van der Waals surface area (Å²) >= 11 is 15.7. The van der Waals surface area contributed by atoms with Crippen molar-refractivity contribution in [2.45, 2.75) is 29.2 Å². The van der Waals surface area contributed by atoms with E-state index in [1.807, 2.05) is 71.3 Å². The molecule has 7 atom stereocenters. The molecule has 2 aliphatic heterocycles. The van der Waals surface area contributed by atoms with Gasteiger partial charge in [0.25, 0.3) is 0 Å². The van der Waals surface area contributed by atoms with E-state index in [2.05, 4.69) is 0 Å². The Kier molecular flexibility index (Phi) is 6.69. The largest absolute Gasteiger partial charge is 0.460 e. The van der Waals surface area contributed by atoms with Crippen molar-refractivity contribution in [3.8, 4) is 11.3 Å². The fourth-order valence-electron chi connectivity index (χ4n) is 8.51. The number of hydrogen-bond acceptors (Lipinski definition) is 6. The van der Waals surface area contributed by atoms with Gasteiger partial charge in [-0.3, -0.25) is 23.9 Å². The Balaban J connectivity index is 1.16. The smallest absolute Gasteiger partial charge is 0.308 e. The lowest BCUT2D eigenvalue weighted by molar-refractivity contribution is -0.123. The quantitative estimate of drug-likeness (QED) is 0.175. The number of imide groups is 1. The zero-order valence-corrected chi connectivity index (χ0v) is 27.4. The maximum absolute atomic E-state index is 14.1. The highest BCUT2D eigenvalue weighted by atomic mass is 35.5. The molecule has 2 amide bonds. The number of halogens is 2. The Hall–Kier alpha value is -3.56. The van der Waals surface area contributed by atoms with Crippen molar-refractivity contribution in [3.63, 3.8) is 0 Å². The predicted octanol–water partition coefficient (Wildman–Crippen LogP) is 8.20. The molecule has 2 bridgehead atoms. The standard InChI is InChI=1S/C36H26Cl2N2O4S2/c37-19-10-12-20(13-11-19)40-33(41)28-22-16-23(29(28)34(40)42)31-27(22)30(26-15-14-25(44-26)21-8-4-5-9-24(21)38)32-35(45-31)39(36(43)46-32)17-18-6-2-1-3-7-18/h1-15,22-23,27-31H,16-17H2/t22-,23+,27+,28+,29+,30-,31-/m0/s1. The van der Waals surface area contributed by atoms with Crippen molar-refractivity contribution < 1.29 is 14.0 Å². The maximum Gasteiger partial charge on any atom is 0.308 e. The van der Waals surface area contributed by atoms with Gasteiger partial charge in [-0.15, -0.1) is 11.8 Å². The number of hydrogen-bond donors (Lipinski definition) is 0. The number of benzene rings is 3. The van der Waals surface area contributed by atoms with Crippen LogP contribution in [0.25, 0.3) is 11.3 Å². The number of thioether (sulfide) groups is 1. The number of furan rings is 1. The third kappa shape index (κ3) is 4.20. The molecule has 230 valence electrons. The molecule has 10 heteroatoms. The number of anilines is 1. The van der Waals surface area contributed by atoms with Gasteiger partial charge >= 0.3 is 4.87 Å². The van der Waals surface area contributed by atoms with Gasteiger partial charge in [-0.1, -0.05) is 77.0 Å². The Morgan fingerprint density at radius 3 is 2.28 bits per heavy atom. The highest BCUT2D eigenvalue weighted by Crippen LogP contribution is 2.69. The van der Waals surface area contributed by atoms with Crippen LogP contribution < -0.4 is 9.77 Å². The van der Waals surface area contributed by atoms with Crippen LogP contribution in [0.1, 0.15) is 28.5 Å². The first kappa shape index (κ1) is 28.6. The van der Waals surface area contributed by atoms with Crippen molar-refractivity contribution in [1.82, 2.24) is 4.57 Å². The highest BCUT2D eigenvalue weighted by Gasteiger charge is 2.70. The summed E-state index contributed by atoms with van der Waals surface area (Å²) in [5, 5.41) is 2.14. The third-order valence-corrected chi connectivity index (χ3v) is 13.7. The number of fused-ring (bicyclic) bond motifs is 9. The average Bonchev–Trinajstić information content (AvgIpc) is 3.87. The van der Waals surface area contributed by atoms with Crippen LogP contribution in [0, 0.1) is 29.6 Å². The van der Waals surface area contributed by atoms with Crippen LogP contribution in [0.4, 0.5) is 5.69 Å². The topological polar surface area (TPSA) is 72.5 Å². The number of carbonyl (C=O) groups excluding carboxylic acids is 2. The Morgan fingerprint density at radius 2 is 1.52 bits per heavy atom. The van der Waals surface area contributed by atoms with E-state index in [0.717, 1.165) is 33.2 Å². The lowest BCUT2D eigenvalue weighted by Gasteiger charge is -2.42. The highest BCUT2D eigenvalue weighted by molar-refractivity contribution is 8.00. The normalized spacial score (nSPS) is 27.6. The molecule has 4 aliphatic rings. The molecule has 2 aliphatic carbocycles. The SMILES string of the molecule is O=C1[C@@H]2[C@H]3C[C@@H]([C@@H]4Sc5c(sc(=O)n5Cc5ccccc5)[C@@H](c5ccc(-c6ccccc6Cl)o5)[C@@H]34)[C@H]2C(=O)N1c1ccc(Cl)cc1. The van der Waals surface area contributed by atoms with Crippen molar-refractivity contribution in [2.24, 2.45) is 29.6 Å². The second-order valence-electron chi connectivity index (χ2n) is 12.5. The Labute approximate surface area is 282 Å². The summed E-state index contributed by atoms with van der Waals surface area (Å²) < 4.78 is 8.50. The first-order chi connectivity index (χ1) is 22.4. The lowest BCUT2D eigenvalue weighted by atomic mass is 9.69. The van der Waals surface area contributed by atoms with Crippen LogP contribution in [-0.2, 0) is 16.1 Å². The van der Waals surface area contributed by atoms with Crippen LogP contribution in [0.2, 0.25) is 10.0 Å². The molecule has 0 N–H and O–H groups in total. The summed E-state index contributed by atoms with van der Waals surface area (Å²) in [7, 11) is 0. The summed E-state index contributed by atoms with van der Waals surface area (Å²) in [4.78, 5) is 44.1. The summed E-state index contributed by atoms with van der Waals surface area (Å²) in [6.07, 6.45) is 0.802. The Morgan fingerprint density at radius 1 is 0.804 bits per heavy atom. The predicted molar refractivity (Wildman–Crippen MR) is 181 cm³/mol. The van der Waals surface area contributed by atoms with E-state index in [9.17, 15) is 14.4 Å². The lowest BCUT2D eigenvalue weighted by Crippen LogP contribution is -2.43. The van der Waals surface area contributed by atoms with E-state index >= 15 is 0 Å². The molecule has 6 nitrogen and oxygen atoms in total. The first-order valence-corrected chi connectivity index (χ1v) is 17.8. The zero-order valence-electron chi connectivity index (χ0n) is 24.2. The molecule has 4 heterocycles. The molecule has 5 aromatic rings. The van der Waals surface area contributed by atoms with Crippen molar-refractivity contribution in [3.05, 3.63) is 127 Å². The van der Waals surface area contributed by atoms with E-state index < -0.39 is 5.92 Å². The van der Waals surface area contributed by atoms with Crippen molar-refractivity contribution >= 4 is 63.8 Å². The molecule has 2 saturated carbocycles. The van der Waals surface area contributed by atoms with E-state index in [1.54, 1.807) is 36.0 Å². The fraction of sp³-hybridized carbons (Fsp3) is 0.250. The van der Waals surface area contributed by atoms with Crippen LogP contribution in [0.3, 0.4) is 0 Å². The van der Waals surface area contributed by atoms with Gasteiger partial charge in [0.05, 0.1) is 44.9 Å². The molecule has 1 saturated heterocycles. The van der Waals surface area contributed by atoms with Crippen LogP contribution in [0.5, 0.6) is 0 Å². The van der Waals surface area contributed by atoms with Gasteiger partial charge in [-0.05, 0) is 78.3 Å².